The van der Waals surface area contributed by atoms with Crippen LogP contribution in [0.25, 0.3) is 16.9 Å². The monoisotopic (exact) mass is 409 g/mol. The van der Waals surface area contributed by atoms with Gasteiger partial charge in [0.25, 0.3) is 5.91 Å². The molecule has 0 bridgehead atoms. The van der Waals surface area contributed by atoms with Crippen LogP contribution < -0.4 is 10.5 Å². The van der Waals surface area contributed by atoms with Gasteiger partial charge in [-0.05, 0) is 36.4 Å². The third-order valence-electron chi connectivity index (χ3n) is 4.16. The predicted molar refractivity (Wildman–Crippen MR) is 106 cm³/mol. The van der Waals surface area contributed by atoms with E-state index in [1.807, 2.05) is 6.07 Å². The molecule has 0 unspecified atom stereocenters. The Hall–Kier alpha value is -4.14. The van der Waals surface area contributed by atoms with Gasteiger partial charge in [-0.2, -0.15) is 5.10 Å². The summed E-state index contributed by atoms with van der Waals surface area (Å²) in [5, 5.41) is 4.49. The zero-order valence-corrected chi connectivity index (χ0v) is 16.3. The molecule has 30 heavy (non-hydrogen) atoms. The van der Waals surface area contributed by atoms with Crippen molar-refractivity contribution in [3.63, 3.8) is 0 Å². The number of para-hydroxylation sites is 1. The fraction of sp³-hybridized carbons (Fsp3) is 0.143. The summed E-state index contributed by atoms with van der Waals surface area (Å²) in [7, 11) is 2.43. The van der Waals surface area contributed by atoms with Crippen molar-refractivity contribution in [1.82, 2.24) is 9.78 Å². The molecule has 0 atom stereocenters. The molecule has 9 heteroatoms. The second-order valence-electron chi connectivity index (χ2n) is 6.08. The standard InChI is InChI=1S/C21H19N3O6/c1-28-20(26)17-18(13-8-10-15(11-9-13)30-12-16(22)25)23-24(19(17)21(27)29-2)14-6-4-3-5-7-14/h3-11H,12H2,1-2H3,(H2,22,25). The summed E-state index contributed by atoms with van der Waals surface area (Å²) >= 11 is 0. The molecule has 1 heterocycles. The van der Waals surface area contributed by atoms with E-state index in [1.54, 1.807) is 48.5 Å². The second-order valence-corrected chi connectivity index (χ2v) is 6.08. The van der Waals surface area contributed by atoms with Crippen LogP contribution in [0.3, 0.4) is 0 Å². The lowest BCUT2D eigenvalue weighted by Crippen LogP contribution is -2.19. The van der Waals surface area contributed by atoms with Crippen LogP contribution in [0.2, 0.25) is 0 Å². The molecule has 0 fully saturated rings. The smallest absolute Gasteiger partial charge is 0.357 e. The van der Waals surface area contributed by atoms with Crippen molar-refractivity contribution in [1.29, 1.82) is 0 Å². The molecular formula is C21H19N3O6. The minimum atomic E-state index is -0.737. The first-order valence-corrected chi connectivity index (χ1v) is 8.83. The van der Waals surface area contributed by atoms with Gasteiger partial charge >= 0.3 is 11.9 Å². The highest BCUT2D eigenvalue weighted by molar-refractivity contribution is 6.06. The maximum Gasteiger partial charge on any atom is 0.357 e. The molecule has 0 aliphatic rings. The van der Waals surface area contributed by atoms with Crippen LogP contribution in [0.15, 0.2) is 54.6 Å². The summed E-state index contributed by atoms with van der Waals surface area (Å²) in [5.41, 5.74) is 6.31. The van der Waals surface area contributed by atoms with Gasteiger partial charge in [-0.25, -0.2) is 14.3 Å². The number of hydrogen-bond donors (Lipinski definition) is 1. The van der Waals surface area contributed by atoms with Crippen LogP contribution in [0, 0.1) is 0 Å². The van der Waals surface area contributed by atoms with Crippen LogP contribution in [0.5, 0.6) is 5.75 Å². The fourth-order valence-electron chi connectivity index (χ4n) is 2.82. The summed E-state index contributed by atoms with van der Waals surface area (Å²) < 4.78 is 16.4. The Bertz CT molecular complexity index is 1070. The fourth-order valence-corrected chi connectivity index (χ4v) is 2.82. The van der Waals surface area contributed by atoms with Gasteiger partial charge in [0.15, 0.2) is 12.3 Å². The molecule has 0 spiro atoms. The van der Waals surface area contributed by atoms with Crippen molar-refractivity contribution in [3.8, 4) is 22.7 Å². The molecule has 2 aromatic carbocycles. The molecule has 0 aliphatic heterocycles. The van der Waals surface area contributed by atoms with Crippen molar-refractivity contribution >= 4 is 17.8 Å². The van der Waals surface area contributed by atoms with E-state index in [0.29, 0.717) is 17.0 Å². The van der Waals surface area contributed by atoms with Crippen molar-refractivity contribution in [2.45, 2.75) is 0 Å². The van der Waals surface area contributed by atoms with Gasteiger partial charge in [0.05, 0.1) is 19.9 Å². The quantitative estimate of drug-likeness (QED) is 0.592. The molecule has 1 amide bonds. The number of amides is 1. The van der Waals surface area contributed by atoms with Crippen LogP contribution in [0.1, 0.15) is 20.8 Å². The van der Waals surface area contributed by atoms with E-state index in [1.165, 1.54) is 18.9 Å². The molecule has 9 nitrogen and oxygen atoms in total. The SMILES string of the molecule is COC(=O)c1c(-c2ccc(OCC(N)=O)cc2)nn(-c2ccccc2)c1C(=O)OC. The zero-order chi connectivity index (χ0) is 21.7. The minimum Gasteiger partial charge on any atom is -0.484 e. The number of rotatable bonds is 7. The molecule has 3 rings (SSSR count). The molecular weight excluding hydrogens is 390 g/mol. The van der Waals surface area contributed by atoms with E-state index in [4.69, 9.17) is 19.9 Å². The van der Waals surface area contributed by atoms with Gasteiger partial charge in [0.2, 0.25) is 0 Å². The van der Waals surface area contributed by atoms with Crippen LogP contribution >= 0.6 is 0 Å². The third kappa shape index (κ3) is 4.14. The van der Waals surface area contributed by atoms with Crippen molar-refractivity contribution < 1.29 is 28.6 Å². The number of ether oxygens (including phenoxy) is 3. The van der Waals surface area contributed by atoms with E-state index in [-0.39, 0.29) is 23.6 Å². The molecule has 0 aliphatic carbocycles. The van der Waals surface area contributed by atoms with Gasteiger partial charge < -0.3 is 19.9 Å². The van der Waals surface area contributed by atoms with Gasteiger partial charge in [-0.15, -0.1) is 0 Å². The van der Waals surface area contributed by atoms with E-state index in [9.17, 15) is 14.4 Å². The first-order chi connectivity index (χ1) is 14.5. The lowest BCUT2D eigenvalue weighted by Gasteiger charge is -2.07. The molecule has 154 valence electrons. The van der Waals surface area contributed by atoms with Crippen molar-refractivity contribution in [3.05, 3.63) is 65.9 Å². The average molecular weight is 409 g/mol. The summed E-state index contributed by atoms with van der Waals surface area (Å²) in [6.45, 7) is -0.262. The van der Waals surface area contributed by atoms with Crippen molar-refractivity contribution in [2.75, 3.05) is 20.8 Å². The number of primary amides is 1. The molecule has 0 radical (unpaired) electrons. The highest BCUT2D eigenvalue weighted by atomic mass is 16.5. The van der Waals surface area contributed by atoms with Crippen LogP contribution in [0.4, 0.5) is 0 Å². The Morgan fingerprint density at radius 1 is 0.933 bits per heavy atom. The normalized spacial score (nSPS) is 10.3. The second kappa shape index (κ2) is 8.91. The topological polar surface area (TPSA) is 123 Å². The van der Waals surface area contributed by atoms with Gasteiger partial charge in [0.1, 0.15) is 17.0 Å². The van der Waals surface area contributed by atoms with Crippen LogP contribution in [-0.4, -0.2) is 48.5 Å². The number of carbonyl (C=O) groups is 3. The third-order valence-corrected chi connectivity index (χ3v) is 4.16. The molecule has 0 saturated carbocycles. The van der Waals surface area contributed by atoms with Crippen molar-refractivity contribution in [2.24, 2.45) is 5.73 Å². The number of nitrogens with two attached hydrogens (primary N) is 1. The molecule has 1 aromatic heterocycles. The maximum absolute atomic E-state index is 12.6. The Kier molecular flexibility index (Phi) is 6.11. The number of hydrogen-bond acceptors (Lipinski definition) is 7. The Labute approximate surface area is 172 Å². The predicted octanol–water partition coefficient (Wildman–Crippen LogP) is 1.98. The lowest BCUT2D eigenvalue weighted by molar-refractivity contribution is -0.119. The van der Waals surface area contributed by atoms with Gasteiger partial charge in [-0.3, -0.25) is 4.79 Å². The number of esters is 2. The number of nitrogens with zero attached hydrogens (tertiary/aromatic N) is 2. The minimum absolute atomic E-state index is 0.0287. The Balaban J connectivity index is 2.16. The Morgan fingerprint density at radius 3 is 2.13 bits per heavy atom. The van der Waals surface area contributed by atoms with E-state index in [2.05, 4.69) is 5.10 Å². The first kappa shape index (κ1) is 20.6. The zero-order valence-electron chi connectivity index (χ0n) is 16.3. The maximum atomic E-state index is 12.6. The highest BCUT2D eigenvalue weighted by Gasteiger charge is 2.31. The van der Waals surface area contributed by atoms with Crippen LogP contribution in [-0.2, 0) is 14.3 Å². The van der Waals surface area contributed by atoms with Gasteiger partial charge in [0, 0.05) is 5.56 Å². The van der Waals surface area contributed by atoms with Gasteiger partial charge in [-0.1, -0.05) is 18.2 Å². The Morgan fingerprint density at radius 2 is 1.57 bits per heavy atom. The van der Waals surface area contributed by atoms with E-state index >= 15 is 0 Å². The molecule has 3 aromatic rings. The number of benzene rings is 2. The average Bonchev–Trinajstić information content (AvgIpc) is 3.18. The molecule has 0 saturated heterocycles. The summed E-state index contributed by atoms with van der Waals surface area (Å²) in [4.78, 5) is 36.0. The summed E-state index contributed by atoms with van der Waals surface area (Å²) in [5.74, 6) is -1.66. The lowest BCUT2D eigenvalue weighted by atomic mass is 10.1. The largest absolute Gasteiger partial charge is 0.484 e. The summed E-state index contributed by atoms with van der Waals surface area (Å²) in [6.07, 6.45) is 0. The number of carbonyl (C=O) groups excluding carboxylic acids is 3. The first-order valence-electron chi connectivity index (χ1n) is 8.83. The van der Waals surface area contributed by atoms with E-state index in [0.717, 1.165) is 0 Å². The molecule has 2 N–H and O–H groups in total. The number of aromatic nitrogens is 2. The summed E-state index contributed by atoms with van der Waals surface area (Å²) in [6, 6.07) is 15.3. The van der Waals surface area contributed by atoms with E-state index < -0.39 is 17.8 Å². The highest BCUT2D eigenvalue weighted by Crippen LogP contribution is 2.30. The number of methoxy groups -OCH3 is 2.